The lowest BCUT2D eigenvalue weighted by molar-refractivity contribution is -0.124. The number of methoxy groups -OCH3 is 1. The molecule has 162 valence electrons. The van der Waals surface area contributed by atoms with Crippen LogP contribution < -0.4 is 4.74 Å². The summed E-state index contributed by atoms with van der Waals surface area (Å²) in [4.78, 5) is 14.7. The van der Waals surface area contributed by atoms with Crippen molar-refractivity contribution in [2.24, 2.45) is 0 Å². The molecule has 1 aliphatic rings. The first kappa shape index (κ1) is 20.4. The standard InChI is InChI=1S/C28H27NO3/c1-18(15-26(30)29-13-6-7-14-29)23-16-24-25(17-32-28(24)19(2)27(23)31-3)22-12-8-10-20-9-4-5-11-21(20)22/h4-5,8-12,15-17H,6-7,13-14H2,1-3H3/b18-15+. The minimum Gasteiger partial charge on any atom is -0.496 e. The van der Waals surface area contributed by atoms with Crippen molar-refractivity contribution in [1.29, 1.82) is 0 Å². The van der Waals surface area contributed by atoms with Gasteiger partial charge in [0.05, 0.1) is 13.4 Å². The van der Waals surface area contributed by atoms with Gasteiger partial charge in [-0.2, -0.15) is 0 Å². The maximum atomic E-state index is 12.8. The Balaban J connectivity index is 1.68. The van der Waals surface area contributed by atoms with E-state index in [1.54, 1.807) is 13.2 Å². The molecule has 0 atom stereocenters. The number of carbonyl (C=O) groups excluding carboxylic acids is 1. The number of furan rings is 1. The molecule has 0 bridgehead atoms. The van der Waals surface area contributed by atoms with E-state index in [4.69, 9.17) is 9.15 Å². The molecular formula is C28H27NO3. The molecule has 0 spiro atoms. The lowest BCUT2D eigenvalue weighted by Crippen LogP contribution is -2.25. The zero-order valence-electron chi connectivity index (χ0n) is 18.8. The highest BCUT2D eigenvalue weighted by atomic mass is 16.5. The lowest BCUT2D eigenvalue weighted by Gasteiger charge is -2.16. The van der Waals surface area contributed by atoms with E-state index in [9.17, 15) is 4.79 Å². The maximum absolute atomic E-state index is 12.8. The molecule has 0 unspecified atom stereocenters. The average Bonchev–Trinajstić information content (AvgIpc) is 3.49. The first-order chi connectivity index (χ1) is 15.6. The smallest absolute Gasteiger partial charge is 0.246 e. The molecule has 0 N–H and O–H groups in total. The van der Waals surface area contributed by atoms with Crippen molar-refractivity contribution in [3.8, 4) is 16.9 Å². The van der Waals surface area contributed by atoms with E-state index >= 15 is 0 Å². The van der Waals surface area contributed by atoms with Crippen molar-refractivity contribution >= 4 is 33.2 Å². The molecule has 1 aromatic heterocycles. The van der Waals surface area contributed by atoms with Crippen molar-refractivity contribution in [1.82, 2.24) is 4.90 Å². The molecule has 0 aliphatic carbocycles. The third-order valence-electron chi connectivity index (χ3n) is 6.51. The van der Waals surface area contributed by atoms with Gasteiger partial charge < -0.3 is 14.1 Å². The van der Waals surface area contributed by atoms with E-state index in [0.29, 0.717) is 0 Å². The highest BCUT2D eigenvalue weighted by molar-refractivity contribution is 6.07. The topological polar surface area (TPSA) is 42.7 Å². The molecule has 2 heterocycles. The number of likely N-dealkylation sites (tertiary alicyclic amines) is 1. The van der Waals surface area contributed by atoms with Crippen molar-refractivity contribution in [3.05, 3.63) is 72.0 Å². The first-order valence-electron chi connectivity index (χ1n) is 11.1. The Morgan fingerprint density at radius 2 is 1.78 bits per heavy atom. The number of allylic oxidation sites excluding steroid dienone is 1. The Morgan fingerprint density at radius 1 is 1.03 bits per heavy atom. The summed E-state index contributed by atoms with van der Waals surface area (Å²) in [5, 5.41) is 3.40. The number of hydrogen-bond donors (Lipinski definition) is 0. The minimum absolute atomic E-state index is 0.0706. The van der Waals surface area contributed by atoms with Gasteiger partial charge in [0.25, 0.3) is 0 Å². The van der Waals surface area contributed by atoms with Crippen LogP contribution in [0.15, 0.2) is 65.3 Å². The van der Waals surface area contributed by atoms with Gasteiger partial charge in [0.2, 0.25) is 5.91 Å². The third kappa shape index (κ3) is 3.36. The number of carbonyl (C=O) groups is 1. The van der Waals surface area contributed by atoms with Gasteiger partial charge in [-0.1, -0.05) is 42.5 Å². The van der Waals surface area contributed by atoms with E-state index in [1.165, 1.54) is 10.8 Å². The van der Waals surface area contributed by atoms with Gasteiger partial charge in [-0.15, -0.1) is 0 Å². The van der Waals surface area contributed by atoms with Crippen molar-refractivity contribution in [2.45, 2.75) is 26.7 Å². The van der Waals surface area contributed by atoms with E-state index in [1.807, 2.05) is 25.0 Å². The number of ether oxygens (including phenoxy) is 1. The summed E-state index contributed by atoms with van der Waals surface area (Å²) >= 11 is 0. The monoisotopic (exact) mass is 425 g/mol. The van der Waals surface area contributed by atoms with Gasteiger partial charge in [0.1, 0.15) is 11.3 Å². The fourth-order valence-electron chi connectivity index (χ4n) is 4.83. The maximum Gasteiger partial charge on any atom is 0.246 e. The predicted molar refractivity (Wildman–Crippen MR) is 130 cm³/mol. The summed E-state index contributed by atoms with van der Waals surface area (Å²) in [6.45, 7) is 5.67. The summed E-state index contributed by atoms with van der Waals surface area (Å²) in [6, 6.07) is 16.8. The van der Waals surface area contributed by atoms with Crippen molar-refractivity contribution < 1.29 is 13.9 Å². The zero-order valence-corrected chi connectivity index (χ0v) is 18.8. The molecule has 4 nitrogen and oxygen atoms in total. The lowest BCUT2D eigenvalue weighted by atomic mass is 9.94. The highest BCUT2D eigenvalue weighted by Gasteiger charge is 2.21. The Hall–Kier alpha value is -3.53. The normalized spacial score (nSPS) is 14.5. The van der Waals surface area contributed by atoms with Crippen LogP contribution in [0.4, 0.5) is 0 Å². The Labute approximate surface area is 188 Å². The van der Waals surface area contributed by atoms with Gasteiger partial charge in [-0.3, -0.25) is 4.79 Å². The van der Waals surface area contributed by atoms with Gasteiger partial charge in [0.15, 0.2) is 0 Å². The van der Waals surface area contributed by atoms with Crippen LogP contribution in [-0.4, -0.2) is 31.0 Å². The molecule has 0 saturated carbocycles. The molecule has 4 heteroatoms. The number of benzene rings is 3. The summed E-state index contributed by atoms with van der Waals surface area (Å²) in [5.41, 5.74) is 5.75. The van der Waals surface area contributed by atoms with Crippen LogP contribution in [0, 0.1) is 6.92 Å². The molecule has 32 heavy (non-hydrogen) atoms. The van der Waals surface area contributed by atoms with E-state index in [-0.39, 0.29) is 5.91 Å². The fraction of sp³-hybridized carbons (Fsp3) is 0.250. The second kappa shape index (κ2) is 8.19. The number of rotatable bonds is 4. The van der Waals surface area contributed by atoms with Crippen LogP contribution in [0.3, 0.4) is 0 Å². The summed E-state index contributed by atoms with van der Waals surface area (Å²) in [6.07, 6.45) is 5.73. The highest BCUT2D eigenvalue weighted by Crippen LogP contribution is 2.42. The fourth-order valence-corrected chi connectivity index (χ4v) is 4.83. The predicted octanol–water partition coefficient (Wildman–Crippen LogP) is 6.60. The Bertz CT molecular complexity index is 1350. The first-order valence-corrected chi connectivity index (χ1v) is 11.1. The van der Waals surface area contributed by atoms with Gasteiger partial charge in [-0.05, 0) is 54.7 Å². The van der Waals surface area contributed by atoms with Crippen LogP contribution in [0.2, 0.25) is 0 Å². The second-order valence-corrected chi connectivity index (χ2v) is 8.49. The summed E-state index contributed by atoms with van der Waals surface area (Å²) < 4.78 is 11.8. The largest absolute Gasteiger partial charge is 0.496 e. The molecular weight excluding hydrogens is 398 g/mol. The quantitative estimate of drug-likeness (QED) is 0.346. The molecule has 1 aliphatic heterocycles. The SMILES string of the molecule is COc1c(/C(C)=C/C(=O)N2CCCC2)cc2c(-c3cccc4ccccc34)coc2c1C. The molecule has 5 rings (SSSR count). The molecule has 1 amide bonds. The van der Waals surface area contributed by atoms with Crippen molar-refractivity contribution in [3.63, 3.8) is 0 Å². The van der Waals surface area contributed by atoms with Crippen LogP contribution in [0.5, 0.6) is 5.75 Å². The molecule has 0 radical (unpaired) electrons. The zero-order chi connectivity index (χ0) is 22.2. The molecule has 1 fully saturated rings. The number of aryl methyl sites for hydroxylation is 1. The van der Waals surface area contributed by atoms with Gasteiger partial charge in [-0.25, -0.2) is 0 Å². The summed E-state index contributed by atoms with van der Waals surface area (Å²) in [7, 11) is 1.67. The minimum atomic E-state index is 0.0706. The summed E-state index contributed by atoms with van der Waals surface area (Å²) in [5.74, 6) is 0.820. The number of amides is 1. The third-order valence-corrected chi connectivity index (χ3v) is 6.51. The van der Waals surface area contributed by atoms with Gasteiger partial charge in [0, 0.05) is 41.2 Å². The van der Waals surface area contributed by atoms with Crippen LogP contribution in [0.1, 0.15) is 30.9 Å². The van der Waals surface area contributed by atoms with Crippen LogP contribution in [-0.2, 0) is 4.79 Å². The second-order valence-electron chi connectivity index (χ2n) is 8.49. The molecule has 1 saturated heterocycles. The van der Waals surface area contributed by atoms with E-state index < -0.39 is 0 Å². The van der Waals surface area contributed by atoms with Gasteiger partial charge >= 0.3 is 0 Å². The Morgan fingerprint density at radius 3 is 2.56 bits per heavy atom. The van der Waals surface area contributed by atoms with Crippen LogP contribution >= 0.6 is 0 Å². The van der Waals surface area contributed by atoms with Crippen LogP contribution in [0.25, 0.3) is 38.4 Å². The number of hydrogen-bond acceptors (Lipinski definition) is 3. The number of fused-ring (bicyclic) bond motifs is 2. The number of nitrogens with zero attached hydrogens (tertiary/aromatic N) is 1. The van der Waals surface area contributed by atoms with Crippen molar-refractivity contribution in [2.75, 3.05) is 20.2 Å². The molecule has 4 aromatic rings. The van der Waals surface area contributed by atoms with E-state index in [0.717, 1.165) is 70.5 Å². The average molecular weight is 426 g/mol. The molecule has 3 aromatic carbocycles. The Kier molecular flexibility index (Phi) is 5.22. The van der Waals surface area contributed by atoms with E-state index in [2.05, 4.69) is 48.5 Å².